The van der Waals surface area contributed by atoms with E-state index in [1.165, 1.54) is 24.8 Å². The molecule has 1 aromatic carbocycles. The molecule has 0 saturated carbocycles. The van der Waals surface area contributed by atoms with Crippen molar-refractivity contribution >= 4 is 45.2 Å². The predicted octanol–water partition coefficient (Wildman–Crippen LogP) is 4.65. The van der Waals surface area contributed by atoms with Crippen LogP contribution in [0.1, 0.15) is 25.3 Å². The Kier molecular flexibility index (Phi) is 7.03. The van der Waals surface area contributed by atoms with E-state index in [4.69, 9.17) is 4.74 Å². The van der Waals surface area contributed by atoms with Crippen molar-refractivity contribution < 1.29 is 4.74 Å². The fourth-order valence-electron chi connectivity index (χ4n) is 1.59. The molecule has 0 radical (unpaired) electrons. The molecule has 0 heterocycles. The maximum atomic E-state index is 5.14. The third-order valence-corrected chi connectivity index (χ3v) is 4.13. The number of alkyl halides is 2. The Labute approximate surface area is 126 Å². The summed E-state index contributed by atoms with van der Waals surface area (Å²) in [7, 11) is 1.71. The topological polar surface area (TPSA) is 9.23 Å². The lowest BCUT2D eigenvalue weighted by Crippen LogP contribution is -2.05. The molecule has 2 atom stereocenters. The highest BCUT2D eigenvalue weighted by molar-refractivity contribution is 14.1. The van der Waals surface area contributed by atoms with Crippen molar-refractivity contribution in [1.29, 1.82) is 0 Å². The van der Waals surface area contributed by atoms with Crippen LogP contribution in [0.5, 0.6) is 5.75 Å². The first-order chi connectivity index (χ1) is 7.61. The highest BCUT2D eigenvalue weighted by Gasteiger charge is 2.07. The quantitative estimate of drug-likeness (QED) is 0.459. The molecule has 2 unspecified atom stereocenters. The predicted molar refractivity (Wildman–Crippen MR) is 87.2 cm³/mol. The Balaban J connectivity index is 2.36. The van der Waals surface area contributed by atoms with Gasteiger partial charge in [0.15, 0.2) is 0 Å². The summed E-state index contributed by atoms with van der Waals surface area (Å²) in [4.78, 5) is 0. The third kappa shape index (κ3) is 5.70. The lowest BCUT2D eigenvalue weighted by atomic mass is 10.1. The van der Waals surface area contributed by atoms with Gasteiger partial charge in [-0.05, 0) is 37.0 Å². The number of rotatable bonds is 6. The van der Waals surface area contributed by atoms with Crippen LogP contribution >= 0.6 is 45.2 Å². The van der Waals surface area contributed by atoms with E-state index in [0.717, 1.165) is 13.6 Å². The second-order valence-electron chi connectivity index (χ2n) is 4.00. The van der Waals surface area contributed by atoms with E-state index in [1.54, 1.807) is 7.11 Å². The molecular formula is C13H18I2O. The van der Waals surface area contributed by atoms with Gasteiger partial charge in [-0.15, -0.1) is 0 Å². The molecule has 1 nitrogen and oxygen atoms in total. The smallest absolute Gasteiger partial charge is 0.118 e. The summed E-state index contributed by atoms with van der Waals surface area (Å²) in [5, 5.41) is 0. The second kappa shape index (κ2) is 7.74. The molecule has 0 spiro atoms. The van der Waals surface area contributed by atoms with Crippen molar-refractivity contribution in [2.75, 3.05) is 7.11 Å². The van der Waals surface area contributed by atoms with Crippen LogP contribution in [0, 0.1) is 0 Å². The number of hydrogen-bond acceptors (Lipinski definition) is 1. The molecule has 0 aliphatic rings. The van der Waals surface area contributed by atoms with Crippen LogP contribution in [0.2, 0.25) is 0 Å². The minimum absolute atomic E-state index is 0.773. The first-order valence-electron chi connectivity index (χ1n) is 5.53. The van der Waals surface area contributed by atoms with Crippen molar-refractivity contribution in [3.8, 4) is 5.75 Å². The lowest BCUT2D eigenvalue weighted by Gasteiger charge is -2.11. The molecule has 90 valence electrons. The van der Waals surface area contributed by atoms with Crippen LogP contribution < -0.4 is 4.74 Å². The Morgan fingerprint density at radius 2 is 1.81 bits per heavy atom. The summed E-state index contributed by atoms with van der Waals surface area (Å²) >= 11 is 5.07. The molecule has 16 heavy (non-hydrogen) atoms. The number of aryl methyl sites for hydroxylation is 1. The average Bonchev–Trinajstić information content (AvgIpc) is 2.26. The Hall–Kier alpha value is 0.480. The van der Waals surface area contributed by atoms with E-state index in [0.29, 0.717) is 0 Å². The summed E-state index contributed by atoms with van der Waals surface area (Å²) in [6.07, 6.45) is 3.73. The monoisotopic (exact) mass is 444 g/mol. The molecular weight excluding hydrogens is 426 g/mol. The van der Waals surface area contributed by atoms with Gasteiger partial charge < -0.3 is 4.74 Å². The highest BCUT2D eigenvalue weighted by atomic mass is 127. The van der Waals surface area contributed by atoms with Crippen LogP contribution in [0.4, 0.5) is 0 Å². The zero-order valence-corrected chi connectivity index (χ0v) is 14.1. The van der Waals surface area contributed by atoms with Gasteiger partial charge in [0.25, 0.3) is 0 Å². The van der Waals surface area contributed by atoms with Gasteiger partial charge in [0.05, 0.1) is 7.11 Å². The van der Waals surface area contributed by atoms with E-state index < -0.39 is 0 Å². The first-order valence-corrected chi connectivity index (χ1v) is 8.02. The molecule has 3 heteroatoms. The Morgan fingerprint density at radius 1 is 1.19 bits per heavy atom. The molecule has 0 fully saturated rings. The molecule has 0 saturated heterocycles. The van der Waals surface area contributed by atoms with Gasteiger partial charge in [-0.2, -0.15) is 0 Å². The van der Waals surface area contributed by atoms with E-state index in [9.17, 15) is 0 Å². The van der Waals surface area contributed by atoms with Crippen molar-refractivity contribution in [1.82, 2.24) is 0 Å². The normalized spacial score (nSPS) is 14.5. The standard InChI is InChI=1S/C13H18I2O/c1-10(14)9-12(15)6-3-11-4-7-13(16-2)8-5-11/h4-5,7-8,10,12H,3,6,9H2,1-2H3. The molecule has 0 aliphatic heterocycles. The van der Waals surface area contributed by atoms with E-state index in [-0.39, 0.29) is 0 Å². The summed E-state index contributed by atoms with van der Waals surface area (Å²) < 4.78 is 6.70. The average molecular weight is 444 g/mol. The number of hydrogen-bond donors (Lipinski definition) is 0. The van der Waals surface area contributed by atoms with Crippen LogP contribution in [0.15, 0.2) is 24.3 Å². The zero-order chi connectivity index (χ0) is 12.0. The van der Waals surface area contributed by atoms with Crippen molar-refractivity contribution in [2.24, 2.45) is 0 Å². The molecule has 0 aliphatic carbocycles. The summed E-state index contributed by atoms with van der Waals surface area (Å²) in [6, 6.07) is 8.41. The summed E-state index contributed by atoms with van der Waals surface area (Å²) in [5.74, 6) is 0.940. The highest BCUT2D eigenvalue weighted by Crippen LogP contribution is 2.20. The molecule has 0 aromatic heterocycles. The Bertz CT molecular complexity index is 295. The Morgan fingerprint density at radius 3 is 2.31 bits per heavy atom. The molecule has 0 N–H and O–H groups in total. The third-order valence-electron chi connectivity index (χ3n) is 2.49. The number of methoxy groups -OCH3 is 1. The molecule has 0 bridgehead atoms. The van der Waals surface area contributed by atoms with E-state index >= 15 is 0 Å². The van der Waals surface area contributed by atoms with Gasteiger partial charge in [-0.3, -0.25) is 0 Å². The number of benzene rings is 1. The summed E-state index contributed by atoms with van der Waals surface area (Å²) in [5.41, 5.74) is 1.41. The van der Waals surface area contributed by atoms with Crippen molar-refractivity contribution in [3.63, 3.8) is 0 Å². The maximum Gasteiger partial charge on any atom is 0.118 e. The molecule has 1 rings (SSSR count). The van der Waals surface area contributed by atoms with Gasteiger partial charge in [-0.1, -0.05) is 64.2 Å². The summed E-state index contributed by atoms with van der Waals surface area (Å²) in [6.45, 7) is 2.28. The second-order valence-corrected chi connectivity index (χ2v) is 7.89. The van der Waals surface area contributed by atoms with Gasteiger partial charge in [0.1, 0.15) is 5.75 Å². The van der Waals surface area contributed by atoms with E-state index in [1.807, 2.05) is 12.1 Å². The fraction of sp³-hybridized carbons (Fsp3) is 0.538. The van der Waals surface area contributed by atoms with Crippen LogP contribution in [0.25, 0.3) is 0 Å². The minimum Gasteiger partial charge on any atom is -0.497 e. The minimum atomic E-state index is 0.773. The van der Waals surface area contributed by atoms with Gasteiger partial charge in [-0.25, -0.2) is 0 Å². The van der Waals surface area contributed by atoms with Gasteiger partial charge in [0.2, 0.25) is 0 Å². The zero-order valence-electron chi connectivity index (χ0n) is 9.75. The number of ether oxygens (including phenoxy) is 1. The van der Waals surface area contributed by atoms with Crippen LogP contribution in [0.3, 0.4) is 0 Å². The van der Waals surface area contributed by atoms with Crippen LogP contribution in [-0.2, 0) is 6.42 Å². The largest absolute Gasteiger partial charge is 0.497 e. The number of halogens is 2. The first kappa shape index (κ1) is 14.5. The molecule has 0 amide bonds. The van der Waals surface area contributed by atoms with Crippen molar-refractivity contribution in [2.45, 2.75) is 34.0 Å². The van der Waals surface area contributed by atoms with E-state index in [2.05, 4.69) is 64.2 Å². The fourth-order valence-corrected chi connectivity index (χ4v) is 4.25. The maximum absolute atomic E-state index is 5.14. The SMILES string of the molecule is COc1ccc(CCC(I)CC(C)I)cc1. The van der Waals surface area contributed by atoms with Crippen molar-refractivity contribution in [3.05, 3.63) is 29.8 Å². The molecule has 1 aromatic rings. The van der Waals surface area contributed by atoms with Gasteiger partial charge in [0, 0.05) is 7.85 Å². The van der Waals surface area contributed by atoms with Gasteiger partial charge >= 0.3 is 0 Å². The van der Waals surface area contributed by atoms with Crippen LogP contribution in [-0.4, -0.2) is 15.0 Å². The lowest BCUT2D eigenvalue weighted by molar-refractivity contribution is 0.414.